The molecule has 0 bridgehead atoms. The third kappa shape index (κ3) is 22.5. The Balaban J connectivity index is 5.25. The van der Waals surface area contributed by atoms with Gasteiger partial charge in [-0.25, -0.2) is 0 Å². The summed E-state index contributed by atoms with van der Waals surface area (Å²) in [5, 5.41) is 24.8. The van der Waals surface area contributed by atoms with Crippen molar-refractivity contribution in [2.24, 2.45) is 0 Å². The molecule has 0 spiro atoms. The van der Waals surface area contributed by atoms with Crippen LogP contribution in [0, 0.1) is 0 Å². The summed E-state index contributed by atoms with van der Waals surface area (Å²) in [6.45, 7) is 4.81. The molecule has 0 fully saturated rings. The van der Waals surface area contributed by atoms with Crippen molar-refractivity contribution in [1.29, 1.82) is 0 Å². The molecule has 0 saturated heterocycles. The number of carbonyl (C=O) groups excluding carboxylic acids is 4. The van der Waals surface area contributed by atoms with Crippen molar-refractivity contribution in [3.8, 4) is 0 Å². The lowest BCUT2D eigenvalue weighted by molar-refractivity contribution is -0.124. The number of nitrogens with one attached hydrogen (secondary N) is 8. The Morgan fingerprint density at radius 3 is 1.02 bits per heavy atom. The highest BCUT2D eigenvalue weighted by Gasteiger charge is 2.23. The lowest BCUT2D eigenvalue weighted by Crippen LogP contribution is -2.45. The molecule has 4 atom stereocenters. The average Bonchev–Trinajstić information content (AvgIpc) is 2.92. The van der Waals surface area contributed by atoms with Crippen molar-refractivity contribution in [2.75, 3.05) is 61.4 Å². The van der Waals surface area contributed by atoms with E-state index in [1.165, 1.54) is 6.92 Å². The fourth-order valence-corrected chi connectivity index (χ4v) is 5.00. The molecule has 0 aromatic rings. The van der Waals surface area contributed by atoms with Gasteiger partial charge in [0.15, 0.2) is 0 Å². The second-order valence-corrected chi connectivity index (χ2v) is 11.3. The number of ketones is 1. The van der Waals surface area contributed by atoms with Gasteiger partial charge in [0.1, 0.15) is 5.78 Å². The zero-order valence-corrected chi connectivity index (χ0v) is 27.3. The first-order valence-corrected chi connectivity index (χ1v) is 15.8. The standard InChI is InChI=1S/C30H62N8O4/c1-23(39)19-25(12-8-16-32-3)36-29(41)21-27(14-10-18-34-5)38-30(42)22-26(13-9-17-33-4)37-28(40)20-24(35-6)11-7-15-31-2/h24-27,31-35H,7-22H2,1-6H3,(H,36,41)(H,37,40)(H,38,42). The average molecular weight is 599 g/mol. The summed E-state index contributed by atoms with van der Waals surface area (Å²) in [5.74, 6) is -0.383. The Kier molecular flexibility index (Phi) is 25.2. The minimum atomic E-state index is -0.337. The van der Waals surface area contributed by atoms with Gasteiger partial charge in [0.05, 0.1) is 0 Å². The molecule has 12 heteroatoms. The first kappa shape index (κ1) is 39.9. The van der Waals surface area contributed by atoms with Crippen LogP contribution >= 0.6 is 0 Å². The van der Waals surface area contributed by atoms with Crippen LogP contribution in [0.4, 0.5) is 0 Å². The van der Waals surface area contributed by atoms with E-state index in [9.17, 15) is 19.2 Å². The maximum Gasteiger partial charge on any atom is 0.222 e. The molecule has 246 valence electrons. The normalized spacial score (nSPS) is 14.0. The van der Waals surface area contributed by atoms with E-state index in [4.69, 9.17) is 0 Å². The summed E-state index contributed by atoms with van der Waals surface area (Å²) >= 11 is 0. The first-order chi connectivity index (χ1) is 20.2. The topological polar surface area (TPSA) is 165 Å². The summed E-state index contributed by atoms with van der Waals surface area (Å²) < 4.78 is 0. The molecule has 0 saturated carbocycles. The molecule has 42 heavy (non-hydrogen) atoms. The second kappa shape index (κ2) is 26.5. The van der Waals surface area contributed by atoms with Crippen LogP contribution in [0.2, 0.25) is 0 Å². The number of carbonyl (C=O) groups is 4. The molecule has 8 N–H and O–H groups in total. The molecule has 3 amide bonds. The fraction of sp³-hybridized carbons (Fsp3) is 0.867. The second-order valence-electron chi connectivity index (χ2n) is 11.3. The highest BCUT2D eigenvalue weighted by Crippen LogP contribution is 2.10. The predicted octanol–water partition coefficient (Wildman–Crippen LogP) is 0.177. The number of hydrogen-bond donors (Lipinski definition) is 8. The lowest BCUT2D eigenvalue weighted by atomic mass is 10.0. The molecule has 4 unspecified atom stereocenters. The van der Waals surface area contributed by atoms with Crippen LogP contribution in [-0.2, 0) is 19.2 Å². The molecule has 0 rings (SSSR count). The number of rotatable bonds is 28. The van der Waals surface area contributed by atoms with Crippen molar-refractivity contribution in [3.63, 3.8) is 0 Å². The Morgan fingerprint density at radius 1 is 0.452 bits per heavy atom. The molecule has 0 aliphatic rings. The Hall–Kier alpha value is -2.12. The number of hydrogen-bond acceptors (Lipinski definition) is 9. The van der Waals surface area contributed by atoms with Crippen LogP contribution < -0.4 is 42.5 Å². The third-order valence-corrected chi connectivity index (χ3v) is 7.25. The SMILES string of the molecule is CNCCCC(CC(=O)NC(CCCNC)CC(=O)NC(CCCNC)CC(=O)NC(CCCNC)CC(C)=O)NC. The van der Waals surface area contributed by atoms with Crippen LogP contribution in [0.15, 0.2) is 0 Å². The summed E-state index contributed by atoms with van der Waals surface area (Å²) in [7, 11) is 9.40. The maximum atomic E-state index is 13.2. The maximum absolute atomic E-state index is 13.2. The van der Waals surface area contributed by atoms with Gasteiger partial charge in [-0.05, 0) is 120 Å². The minimum Gasteiger partial charge on any atom is -0.353 e. The van der Waals surface area contributed by atoms with Crippen LogP contribution in [0.1, 0.15) is 84.0 Å². The van der Waals surface area contributed by atoms with Crippen molar-refractivity contribution in [3.05, 3.63) is 0 Å². The molecule has 0 radical (unpaired) electrons. The van der Waals surface area contributed by atoms with Gasteiger partial charge in [-0.15, -0.1) is 0 Å². The van der Waals surface area contributed by atoms with Crippen LogP contribution in [0.25, 0.3) is 0 Å². The quantitative estimate of drug-likeness (QED) is 0.0587. The van der Waals surface area contributed by atoms with Crippen LogP contribution in [-0.4, -0.2) is 109 Å². The molecule has 12 nitrogen and oxygen atoms in total. The molecule has 0 aromatic carbocycles. The molecule has 0 aliphatic heterocycles. The number of Topliss-reactive ketones (excluding diaryl/α,β-unsaturated/α-hetero) is 1. The van der Waals surface area contributed by atoms with E-state index in [-0.39, 0.29) is 60.5 Å². The molecule has 0 aliphatic carbocycles. The third-order valence-electron chi connectivity index (χ3n) is 7.25. The molecular weight excluding hydrogens is 536 g/mol. The van der Waals surface area contributed by atoms with Gasteiger partial charge in [-0.2, -0.15) is 0 Å². The van der Waals surface area contributed by atoms with E-state index >= 15 is 0 Å². The molecular formula is C30H62N8O4. The monoisotopic (exact) mass is 598 g/mol. The minimum absolute atomic E-state index is 0.0361. The lowest BCUT2D eigenvalue weighted by Gasteiger charge is -2.24. The van der Waals surface area contributed by atoms with Gasteiger partial charge >= 0.3 is 0 Å². The van der Waals surface area contributed by atoms with Crippen molar-refractivity contribution in [2.45, 2.75) is 108 Å². The van der Waals surface area contributed by atoms with E-state index in [0.717, 1.165) is 58.3 Å². The van der Waals surface area contributed by atoms with Crippen molar-refractivity contribution < 1.29 is 19.2 Å². The van der Waals surface area contributed by atoms with Crippen molar-refractivity contribution in [1.82, 2.24) is 42.5 Å². The van der Waals surface area contributed by atoms with Gasteiger partial charge in [0.25, 0.3) is 0 Å². The van der Waals surface area contributed by atoms with Crippen LogP contribution in [0.5, 0.6) is 0 Å². The summed E-state index contributed by atoms with van der Waals surface area (Å²) in [5.41, 5.74) is 0. The predicted molar refractivity (Wildman–Crippen MR) is 170 cm³/mol. The highest BCUT2D eigenvalue weighted by molar-refractivity contribution is 5.82. The van der Waals surface area contributed by atoms with Crippen LogP contribution in [0.3, 0.4) is 0 Å². The highest BCUT2D eigenvalue weighted by atomic mass is 16.2. The number of amides is 3. The van der Waals surface area contributed by atoms with E-state index in [0.29, 0.717) is 32.1 Å². The summed E-state index contributed by atoms with van der Waals surface area (Å²) in [4.78, 5) is 50.8. The van der Waals surface area contributed by atoms with E-state index in [2.05, 4.69) is 42.5 Å². The summed E-state index contributed by atoms with van der Waals surface area (Å²) in [6, 6.07) is -0.774. The first-order valence-electron chi connectivity index (χ1n) is 15.8. The Bertz CT molecular complexity index is 740. The van der Waals surface area contributed by atoms with E-state index in [1.54, 1.807) is 0 Å². The van der Waals surface area contributed by atoms with Crippen molar-refractivity contribution >= 4 is 23.5 Å². The fourth-order valence-electron chi connectivity index (χ4n) is 5.00. The summed E-state index contributed by atoms with van der Waals surface area (Å²) in [6.07, 6.45) is 7.30. The van der Waals surface area contributed by atoms with Gasteiger partial charge in [0, 0.05) is 49.9 Å². The molecule has 0 heterocycles. The zero-order valence-electron chi connectivity index (χ0n) is 27.3. The zero-order chi connectivity index (χ0) is 31.6. The Morgan fingerprint density at radius 2 is 0.738 bits per heavy atom. The van der Waals surface area contributed by atoms with E-state index < -0.39 is 0 Å². The largest absolute Gasteiger partial charge is 0.353 e. The smallest absolute Gasteiger partial charge is 0.222 e. The van der Waals surface area contributed by atoms with Gasteiger partial charge in [-0.3, -0.25) is 19.2 Å². The van der Waals surface area contributed by atoms with Gasteiger partial charge < -0.3 is 42.5 Å². The Labute approximate surface area is 254 Å². The van der Waals surface area contributed by atoms with Gasteiger partial charge in [0.2, 0.25) is 17.7 Å². The van der Waals surface area contributed by atoms with E-state index in [1.807, 2.05) is 35.2 Å². The van der Waals surface area contributed by atoms with Gasteiger partial charge in [-0.1, -0.05) is 0 Å². The molecule has 0 aromatic heterocycles.